The van der Waals surface area contributed by atoms with E-state index in [1.807, 2.05) is 0 Å². The maximum Gasteiger partial charge on any atom is 0.451 e. The minimum Gasteiger partial charge on any atom is -0.332 e. The molecule has 0 saturated carbocycles. The van der Waals surface area contributed by atoms with Crippen molar-refractivity contribution in [1.82, 2.24) is 25.0 Å². The molecule has 124 valence electrons. The zero-order chi connectivity index (χ0) is 15.0. The predicted molar refractivity (Wildman–Crippen MR) is 73.3 cm³/mol. The highest BCUT2D eigenvalue weighted by Gasteiger charge is 2.40. The number of fused-ring (bicyclic) bond motifs is 1. The molecule has 3 heterocycles. The third-order valence-electron chi connectivity index (χ3n) is 3.93. The number of amides is 1. The molecule has 1 amide bonds. The van der Waals surface area contributed by atoms with Gasteiger partial charge in [-0.15, -0.1) is 22.6 Å². The molecule has 0 radical (unpaired) electrons. The molecule has 10 heteroatoms. The van der Waals surface area contributed by atoms with Gasteiger partial charge in [-0.2, -0.15) is 13.2 Å². The lowest BCUT2D eigenvalue weighted by Crippen LogP contribution is -2.50. The first-order chi connectivity index (χ1) is 9.97. The second-order valence-corrected chi connectivity index (χ2v) is 5.35. The molecule has 0 aromatic carbocycles. The standard InChI is InChI=1S/C12H16F3N5O.ClH/c13-12(14,15)11-18-17-9-7-19(5-6-20(9)11)10(21)8-3-1-2-4-16-8;/h8,16H,1-7H2;1H/t8-;/m0./s1. The fourth-order valence-electron chi connectivity index (χ4n) is 2.84. The lowest BCUT2D eigenvalue weighted by molar-refractivity contribution is -0.148. The van der Waals surface area contributed by atoms with E-state index < -0.39 is 12.0 Å². The number of carbonyl (C=O) groups is 1. The number of alkyl halides is 3. The molecule has 1 saturated heterocycles. The summed E-state index contributed by atoms with van der Waals surface area (Å²) in [6.07, 6.45) is -1.70. The van der Waals surface area contributed by atoms with Crippen molar-refractivity contribution < 1.29 is 18.0 Å². The first-order valence-electron chi connectivity index (χ1n) is 6.98. The van der Waals surface area contributed by atoms with Crippen LogP contribution in [0, 0.1) is 0 Å². The van der Waals surface area contributed by atoms with Crippen LogP contribution in [0.5, 0.6) is 0 Å². The number of piperidine rings is 1. The highest BCUT2D eigenvalue weighted by molar-refractivity contribution is 5.85. The largest absolute Gasteiger partial charge is 0.451 e. The maximum atomic E-state index is 12.7. The molecule has 22 heavy (non-hydrogen) atoms. The molecule has 1 aromatic rings. The molecular weight excluding hydrogens is 323 g/mol. The van der Waals surface area contributed by atoms with Crippen molar-refractivity contribution in [2.24, 2.45) is 0 Å². The molecule has 2 aliphatic heterocycles. The zero-order valence-electron chi connectivity index (χ0n) is 11.8. The van der Waals surface area contributed by atoms with E-state index in [4.69, 9.17) is 0 Å². The van der Waals surface area contributed by atoms with Gasteiger partial charge < -0.3 is 14.8 Å². The molecule has 0 unspecified atom stereocenters. The molecule has 0 spiro atoms. The molecule has 3 rings (SSSR count). The number of nitrogens with one attached hydrogen (secondary N) is 1. The highest BCUT2D eigenvalue weighted by Crippen LogP contribution is 2.29. The number of hydrogen-bond donors (Lipinski definition) is 1. The number of halogens is 4. The Morgan fingerprint density at radius 2 is 2.00 bits per heavy atom. The molecule has 1 atom stereocenters. The number of aromatic nitrogens is 3. The van der Waals surface area contributed by atoms with Gasteiger partial charge in [0.05, 0.1) is 12.6 Å². The molecule has 1 fully saturated rings. The molecule has 2 aliphatic rings. The van der Waals surface area contributed by atoms with Crippen molar-refractivity contribution in [3.05, 3.63) is 11.6 Å². The number of rotatable bonds is 1. The smallest absolute Gasteiger partial charge is 0.332 e. The van der Waals surface area contributed by atoms with Gasteiger partial charge in [0.2, 0.25) is 11.7 Å². The monoisotopic (exact) mass is 339 g/mol. The van der Waals surface area contributed by atoms with E-state index in [9.17, 15) is 18.0 Å². The molecule has 1 N–H and O–H groups in total. The normalized spacial score (nSPS) is 22.0. The Hall–Kier alpha value is -1.35. The SMILES string of the molecule is Cl.O=C([C@@H]1CCCCN1)N1CCn2c(nnc2C(F)(F)F)C1. The van der Waals surface area contributed by atoms with Crippen molar-refractivity contribution in [3.8, 4) is 0 Å². The second kappa shape index (κ2) is 6.41. The van der Waals surface area contributed by atoms with Crippen LogP contribution in [0.15, 0.2) is 0 Å². The number of hydrogen-bond acceptors (Lipinski definition) is 4. The average Bonchev–Trinajstić information content (AvgIpc) is 2.90. The van der Waals surface area contributed by atoms with Gasteiger partial charge in [-0.25, -0.2) is 0 Å². The first kappa shape index (κ1) is 17.0. The predicted octanol–water partition coefficient (Wildman–Crippen LogP) is 1.20. The Kier molecular flexibility index (Phi) is 4.96. The first-order valence-corrected chi connectivity index (χ1v) is 6.98. The van der Waals surface area contributed by atoms with Crippen LogP contribution in [0.4, 0.5) is 13.2 Å². The molecule has 0 aliphatic carbocycles. The summed E-state index contributed by atoms with van der Waals surface area (Å²) in [5.41, 5.74) is 0. The average molecular weight is 340 g/mol. The van der Waals surface area contributed by atoms with Crippen LogP contribution >= 0.6 is 12.4 Å². The second-order valence-electron chi connectivity index (χ2n) is 5.35. The summed E-state index contributed by atoms with van der Waals surface area (Å²) in [7, 11) is 0. The van der Waals surface area contributed by atoms with Crippen LogP contribution in [0.25, 0.3) is 0 Å². The number of nitrogens with zero attached hydrogens (tertiary/aromatic N) is 4. The fourth-order valence-corrected chi connectivity index (χ4v) is 2.84. The van der Waals surface area contributed by atoms with Gasteiger partial charge in [0.1, 0.15) is 0 Å². The van der Waals surface area contributed by atoms with Crippen LogP contribution in [0.2, 0.25) is 0 Å². The van der Waals surface area contributed by atoms with Crippen LogP contribution in [0.1, 0.15) is 30.9 Å². The minimum atomic E-state index is -4.51. The lowest BCUT2D eigenvalue weighted by Gasteiger charge is -2.32. The molecule has 1 aromatic heterocycles. The Balaban J connectivity index is 0.00000176. The van der Waals surface area contributed by atoms with Crippen LogP contribution in [-0.2, 0) is 24.1 Å². The van der Waals surface area contributed by atoms with Crippen LogP contribution < -0.4 is 5.32 Å². The van der Waals surface area contributed by atoms with Crippen molar-refractivity contribution in [2.75, 3.05) is 13.1 Å². The van der Waals surface area contributed by atoms with E-state index in [2.05, 4.69) is 15.5 Å². The number of carbonyl (C=O) groups excluding carboxylic acids is 1. The van der Waals surface area contributed by atoms with E-state index >= 15 is 0 Å². The van der Waals surface area contributed by atoms with Gasteiger partial charge >= 0.3 is 6.18 Å². The van der Waals surface area contributed by atoms with Crippen molar-refractivity contribution in [3.63, 3.8) is 0 Å². The quantitative estimate of drug-likeness (QED) is 0.835. The van der Waals surface area contributed by atoms with Crippen LogP contribution in [-0.4, -0.2) is 44.7 Å². The van der Waals surface area contributed by atoms with Gasteiger partial charge in [0.25, 0.3) is 0 Å². The summed E-state index contributed by atoms with van der Waals surface area (Å²) in [6, 6.07) is -0.227. The topological polar surface area (TPSA) is 63.1 Å². The Labute approximate surface area is 131 Å². The maximum absolute atomic E-state index is 12.7. The summed E-state index contributed by atoms with van der Waals surface area (Å²) in [4.78, 5) is 13.9. The van der Waals surface area contributed by atoms with E-state index in [1.54, 1.807) is 4.90 Å². The summed E-state index contributed by atoms with van der Waals surface area (Å²) < 4.78 is 39.3. The minimum absolute atomic E-state index is 0. The van der Waals surface area contributed by atoms with E-state index in [-0.39, 0.29) is 49.8 Å². The molecule has 0 bridgehead atoms. The third kappa shape index (κ3) is 3.19. The van der Waals surface area contributed by atoms with Crippen molar-refractivity contribution in [1.29, 1.82) is 0 Å². The summed E-state index contributed by atoms with van der Waals surface area (Å²) >= 11 is 0. The molecule has 6 nitrogen and oxygen atoms in total. The van der Waals surface area contributed by atoms with Gasteiger partial charge in [0, 0.05) is 13.1 Å². The van der Waals surface area contributed by atoms with E-state index in [1.165, 1.54) is 0 Å². The Bertz CT molecular complexity index is 541. The van der Waals surface area contributed by atoms with Crippen molar-refractivity contribution >= 4 is 18.3 Å². The summed E-state index contributed by atoms with van der Waals surface area (Å²) in [5, 5.41) is 9.94. The Morgan fingerprint density at radius 3 is 2.64 bits per heavy atom. The van der Waals surface area contributed by atoms with Gasteiger partial charge in [-0.05, 0) is 19.4 Å². The summed E-state index contributed by atoms with van der Waals surface area (Å²) in [6.45, 7) is 1.22. The van der Waals surface area contributed by atoms with Gasteiger partial charge in [0.15, 0.2) is 5.82 Å². The molecular formula is C12H17ClF3N5O. The van der Waals surface area contributed by atoms with E-state index in [0.29, 0.717) is 0 Å². The summed E-state index contributed by atoms with van der Waals surface area (Å²) in [5.74, 6) is -0.851. The van der Waals surface area contributed by atoms with Crippen molar-refractivity contribution in [2.45, 2.75) is 44.6 Å². The Morgan fingerprint density at radius 1 is 1.23 bits per heavy atom. The lowest BCUT2D eigenvalue weighted by atomic mass is 10.0. The third-order valence-corrected chi connectivity index (χ3v) is 3.93. The van der Waals surface area contributed by atoms with E-state index in [0.717, 1.165) is 30.4 Å². The fraction of sp³-hybridized carbons (Fsp3) is 0.750. The highest BCUT2D eigenvalue weighted by atomic mass is 35.5. The van der Waals surface area contributed by atoms with Crippen LogP contribution in [0.3, 0.4) is 0 Å². The van der Waals surface area contributed by atoms with Gasteiger partial charge in [-0.3, -0.25) is 4.79 Å². The van der Waals surface area contributed by atoms with Gasteiger partial charge in [-0.1, -0.05) is 6.42 Å². The zero-order valence-corrected chi connectivity index (χ0v) is 12.6.